The molecule has 5 heteroatoms. The topological polar surface area (TPSA) is 50.2 Å². The van der Waals surface area contributed by atoms with E-state index in [1.807, 2.05) is 41.3 Å². The van der Waals surface area contributed by atoms with Crippen LogP contribution in [0, 0.1) is 0 Å². The molecule has 1 aromatic carbocycles. The highest BCUT2D eigenvalue weighted by molar-refractivity contribution is 5.83. The second-order valence-corrected chi connectivity index (χ2v) is 6.86. The lowest BCUT2D eigenvalue weighted by Crippen LogP contribution is -2.44. The third-order valence-corrected chi connectivity index (χ3v) is 5.00. The van der Waals surface area contributed by atoms with Crippen LogP contribution in [-0.4, -0.2) is 39.2 Å². The van der Waals surface area contributed by atoms with E-state index in [4.69, 9.17) is 0 Å². The van der Waals surface area contributed by atoms with Gasteiger partial charge in [0.2, 0.25) is 5.91 Å². The van der Waals surface area contributed by atoms with Crippen LogP contribution in [-0.2, 0) is 11.3 Å². The molecule has 2 aliphatic rings. The van der Waals surface area contributed by atoms with Crippen LogP contribution in [0.4, 0.5) is 0 Å². The summed E-state index contributed by atoms with van der Waals surface area (Å²) >= 11 is 0. The van der Waals surface area contributed by atoms with Crippen molar-refractivity contribution in [2.24, 2.45) is 0 Å². The van der Waals surface area contributed by atoms with Gasteiger partial charge in [0.15, 0.2) is 0 Å². The Hall–Kier alpha value is -2.14. The highest BCUT2D eigenvalue weighted by Crippen LogP contribution is 2.31. The lowest BCUT2D eigenvalue weighted by molar-refractivity contribution is -0.127. The normalized spacial score (nSPS) is 22.4. The zero-order chi connectivity index (χ0) is 16.4. The molecule has 2 atom stereocenters. The second kappa shape index (κ2) is 6.77. The Morgan fingerprint density at radius 2 is 2.04 bits per heavy atom. The molecule has 1 aliphatic carbocycles. The van der Waals surface area contributed by atoms with E-state index in [9.17, 15) is 4.79 Å². The Kier molecular flexibility index (Phi) is 4.34. The van der Waals surface area contributed by atoms with Crippen LogP contribution >= 0.6 is 0 Å². The molecule has 0 spiro atoms. The molecule has 0 unspecified atom stereocenters. The smallest absolute Gasteiger partial charge is 0.242 e. The van der Waals surface area contributed by atoms with Gasteiger partial charge in [-0.1, -0.05) is 30.3 Å². The van der Waals surface area contributed by atoms with E-state index in [2.05, 4.69) is 27.4 Å². The van der Waals surface area contributed by atoms with Crippen molar-refractivity contribution in [3.05, 3.63) is 54.4 Å². The zero-order valence-electron chi connectivity index (χ0n) is 13.8. The fourth-order valence-electron chi connectivity index (χ4n) is 3.65. The van der Waals surface area contributed by atoms with Crippen LogP contribution in [0.25, 0.3) is 0 Å². The molecule has 2 heterocycles. The minimum Gasteiger partial charge on any atom is -0.352 e. The van der Waals surface area contributed by atoms with Crippen molar-refractivity contribution in [1.29, 1.82) is 0 Å². The first kappa shape index (κ1) is 15.4. The summed E-state index contributed by atoms with van der Waals surface area (Å²) in [6, 6.07) is 12.7. The molecule has 1 amide bonds. The Morgan fingerprint density at radius 3 is 2.75 bits per heavy atom. The number of hydrogen-bond donors (Lipinski definition) is 1. The predicted molar refractivity (Wildman–Crippen MR) is 92.3 cm³/mol. The van der Waals surface area contributed by atoms with E-state index < -0.39 is 0 Å². The van der Waals surface area contributed by atoms with E-state index in [-0.39, 0.29) is 11.9 Å². The average Bonchev–Trinajstić information content (AvgIpc) is 3.07. The average molecular weight is 324 g/mol. The number of rotatable bonds is 6. The third-order valence-electron chi connectivity index (χ3n) is 5.00. The first-order valence-corrected chi connectivity index (χ1v) is 8.90. The van der Waals surface area contributed by atoms with Gasteiger partial charge in [0.05, 0.1) is 6.54 Å². The summed E-state index contributed by atoms with van der Waals surface area (Å²) in [6.07, 6.45) is 8.28. The molecule has 1 N–H and O–H groups in total. The van der Waals surface area contributed by atoms with Gasteiger partial charge in [0.1, 0.15) is 6.04 Å². The lowest BCUT2D eigenvalue weighted by Gasteiger charge is -2.32. The molecule has 126 valence electrons. The highest BCUT2D eigenvalue weighted by Gasteiger charge is 2.37. The van der Waals surface area contributed by atoms with Crippen LogP contribution < -0.4 is 5.32 Å². The number of nitrogens with zero attached hydrogens (tertiary/aromatic N) is 3. The van der Waals surface area contributed by atoms with Gasteiger partial charge in [0.25, 0.3) is 0 Å². The number of hydrogen-bond acceptors (Lipinski definition) is 3. The number of aromatic nitrogens is 2. The molecular formula is C19H24N4O. The summed E-state index contributed by atoms with van der Waals surface area (Å²) in [4.78, 5) is 15.3. The second-order valence-electron chi connectivity index (χ2n) is 6.86. The molecule has 5 nitrogen and oxygen atoms in total. The van der Waals surface area contributed by atoms with Crippen molar-refractivity contribution in [2.75, 3.05) is 6.54 Å². The molecule has 1 saturated heterocycles. The number of carbonyl (C=O) groups is 1. The summed E-state index contributed by atoms with van der Waals surface area (Å²) in [5.41, 5.74) is 1.09. The molecular weight excluding hydrogens is 300 g/mol. The number of carbonyl (C=O) groups excluding carboxylic acids is 1. The first-order chi connectivity index (χ1) is 11.8. The van der Waals surface area contributed by atoms with E-state index in [0.29, 0.717) is 12.1 Å². The Balaban J connectivity index is 1.57. The van der Waals surface area contributed by atoms with Crippen LogP contribution in [0.15, 0.2) is 48.8 Å². The van der Waals surface area contributed by atoms with Gasteiger partial charge < -0.3 is 5.32 Å². The van der Waals surface area contributed by atoms with Crippen LogP contribution in [0.1, 0.15) is 37.3 Å². The minimum atomic E-state index is -0.199. The largest absolute Gasteiger partial charge is 0.352 e. The van der Waals surface area contributed by atoms with Gasteiger partial charge in [-0.3, -0.25) is 14.4 Å². The zero-order valence-corrected chi connectivity index (χ0v) is 13.8. The fraction of sp³-hybridized carbons (Fsp3) is 0.474. The standard InChI is InChI=1S/C19H24N4O/c24-19(21-16-9-10-16)18(15-6-2-1-3-7-15)23-13-4-8-17(23)14-22-12-5-11-20-22/h1-3,5-7,11-12,16-18H,4,8-10,13-14H2,(H,21,24)/t17-,18-/m0/s1. The fourth-order valence-corrected chi connectivity index (χ4v) is 3.65. The van der Waals surface area contributed by atoms with Crippen LogP contribution in [0.2, 0.25) is 0 Å². The van der Waals surface area contributed by atoms with E-state index in [1.165, 1.54) is 0 Å². The Morgan fingerprint density at radius 1 is 1.21 bits per heavy atom. The monoisotopic (exact) mass is 324 g/mol. The van der Waals surface area contributed by atoms with Crippen LogP contribution in [0.5, 0.6) is 0 Å². The van der Waals surface area contributed by atoms with Gasteiger partial charge in [-0.05, 0) is 43.9 Å². The summed E-state index contributed by atoms with van der Waals surface area (Å²) in [5.74, 6) is 0.149. The maximum atomic E-state index is 13.0. The predicted octanol–water partition coefficient (Wildman–Crippen LogP) is 2.37. The summed E-state index contributed by atoms with van der Waals surface area (Å²) in [7, 11) is 0. The van der Waals surface area contributed by atoms with Crippen molar-refractivity contribution in [1.82, 2.24) is 20.0 Å². The Bertz CT molecular complexity index is 666. The minimum absolute atomic E-state index is 0.149. The maximum absolute atomic E-state index is 13.0. The molecule has 0 bridgehead atoms. The quantitative estimate of drug-likeness (QED) is 0.887. The van der Waals surface area contributed by atoms with E-state index >= 15 is 0 Å². The highest BCUT2D eigenvalue weighted by atomic mass is 16.2. The van der Waals surface area contributed by atoms with Gasteiger partial charge in [0, 0.05) is 24.5 Å². The number of benzene rings is 1. The van der Waals surface area contributed by atoms with Gasteiger partial charge in [-0.15, -0.1) is 0 Å². The molecule has 2 aromatic rings. The molecule has 1 saturated carbocycles. The van der Waals surface area contributed by atoms with Gasteiger partial charge in [-0.25, -0.2) is 0 Å². The van der Waals surface area contributed by atoms with E-state index in [1.54, 1.807) is 0 Å². The summed E-state index contributed by atoms with van der Waals surface area (Å²) in [6.45, 7) is 1.80. The van der Waals surface area contributed by atoms with Crippen molar-refractivity contribution < 1.29 is 4.79 Å². The summed E-state index contributed by atoms with van der Waals surface area (Å²) < 4.78 is 1.98. The molecule has 1 aromatic heterocycles. The van der Waals surface area contributed by atoms with Gasteiger partial charge in [-0.2, -0.15) is 5.10 Å². The first-order valence-electron chi connectivity index (χ1n) is 8.90. The number of likely N-dealkylation sites (tertiary alicyclic amines) is 1. The molecule has 2 fully saturated rings. The molecule has 4 rings (SSSR count). The maximum Gasteiger partial charge on any atom is 0.242 e. The van der Waals surface area contributed by atoms with Crippen molar-refractivity contribution in [2.45, 2.75) is 50.4 Å². The van der Waals surface area contributed by atoms with E-state index in [0.717, 1.165) is 44.3 Å². The lowest BCUT2D eigenvalue weighted by atomic mass is 10.0. The SMILES string of the molecule is O=C(NC1CC1)[C@H](c1ccccc1)N1CCC[C@H]1Cn1cccn1. The van der Waals surface area contributed by atoms with Crippen molar-refractivity contribution in [3.63, 3.8) is 0 Å². The Labute approximate surface area is 142 Å². The van der Waals surface area contributed by atoms with Crippen LogP contribution in [0.3, 0.4) is 0 Å². The molecule has 1 aliphatic heterocycles. The molecule has 24 heavy (non-hydrogen) atoms. The third kappa shape index (κ3) is 3.36. The summed E-state index contributed by atoms with van der Waals surface area (Å²) in [5, 5.41) is 7.54. The van der Waals surface area contributed by atoms with Gasteiger partial charge >= 0.3 is 0 Å². The molecule has 0 radical (unpaired) electrons. The number of nitrogens with one attached hydrogen (secondary N) is 1. The van der Waals surface area contributed by atoms with Crippen molar-refractivity contribution in [3.8, 4) is 0 Å². The number of amides is 1. The van der Waals surface area contributed by atoms with Crippen molar-refractivity contribution >= 4 is 5.91 Å².